The van der Waals surface area contributed by atoms with E-state index in [0.717, 1.165) is 13.0 Å². The minimum atomic E-state index is 0.547. The summed E-state index contributed by atoms with van der Waals surface area (Å²) in [5.41, 5.74) is 5.23. The minimum Gasteiger partial charge on any atom is -0.370 e. The SMILES string of the molecule is C=CCNC1CCCCC1N(C)c1ccc(CCC)c(C(=C)C)c1. The largest absolute Gasteiger partial charge is 0.370 e. The lowest BCUT2D eigenvalue weighted by Gasteiger charge is -2.40. The summed E-state index contributed by atoms with van der Waals surface area (Å²) in [4.78, 5) is 2.47. The van der Waals surface area contributed by atoms with Crippen LogP contribution in [0.2, 0.25) is 0 Å². The Balaban J connectivity index is 2.23. The van der Waals surface area contributed by atoms with Gasteiger partial charge >= 0.3 is 0 Å². The van der Waals surface area contributed by atoms with Crippen molar-refractivity contribution in [2.24, 2.45) is 0 Å². The summed E-state index contributed by atoms with van der Waals surface area (Å²) in [5, 5.41) is 3.66. The molecular formula is C22H34N2. The normalized spacial score (nSPS) is 20.6. The summed E-state index contributed by atoms with van der Waals surface area (Å²) in [7, 11) is 2.25. The zero-order valence-corrected chi connectivity index (χ0v) is 15.8. The second-order valence-corrected chi connectivity index (χ2v) is 7.14. The maximum Gasteiger partial charge on any atom is 0.0440 e. The van der Waals surface area contributed by atoms with Crippen molar-refractivity contribution in [2.75, 3.05) is 18.5 Å². The maximum absolute atomic E-state index is 4.19. The highest BCUT2D eigenvalue weighted by Crippen LogP contribution is 2.30. The summed E-state index contributed by atoms with van der Waals surface area (Å²) < 4.78 is 0. The van der Waals surface area contributed by atoms with Gasteiger partial charge in [0, 0.05) is 31.4 Å². The van der Waals surface area contributed by atoms with Crippen molar-refractivity contribution in [2.45, 2.75) is 64.5 Å². The van der Waals surface area contributed by atoms with Gasteiger partial charge < -0.3 is 10.2 Å². The average molecular weight is 327 g/mol. The predicted molar refractivity (Wildman–Crippen MR) is 108 cm³/mol. The highest BCUT2D eigenvalue weighted by molar-refractivity contribution is 5.69. The molecule has 2 rings (SSSR count). The van der Waals surface area contributed by atoms with Crippen LogP contribution in [-0.4, -0.2) is 25.7 Å². The molecule has 1 aromatic rings. The number of benzene rings is 1. The monoisotopic (exact) mass is 326 g/mol. The highest BCUT2D eigenvalue weighted by Gasteiger charge is 2.28. The van der Waals surface area contributed by atoms with E-state index in [1.807, 2.05) is 6.08 Å². The predicted octanol–water partition coefficient (Wildman–Crippen LogP) is 5.20. The van der Waals surface area contributed by atoms with Crippen LogP contribution in [0.4, 0.5) is 5.69 Å². The number of nitrogens with one attached hydrogen (secondary N) is 1. The molecule has 1 aliphatic carbocycles. The summed E-state index contributed by atoms with van der Waals surface area (Å²) in [6, 6.07) is 8.02. The van der Waals surface area contributed by atoms with Gasteiger partial charge in [-0.3, -0.25) is 0 Å². The summed E-state index contributed by atoms with van der Waals surface area (Å²) in [5.74, 6) is 0. The van der Waals surface area contributed by atoms with Crippen LogP contribution in [0.5, 0.6) is 0 Å². The van der Waals surface area contributed by atoms with Crippen molar-refractivity contribution in [1.82, 2.24) is 5.32 Å². The third-order valence-corrected chi connectivity index (χ3v) is 5.23. The molecule has 1 fully saturated rings. The fourth-order valence-corrected chi connectivity index (χ4v) is 3.91. The molecule has 1 N–H and O–H groups in total. The summed E-state index contributed by atoms with van der Waals surface area (Å²) in [6.07, 6.45) is 9.41. The number of hydrogen-bond acceptors (Lipinski definition) is 2. The first-order chi connectivity index (χ1) is 11.6. The highest BCUT2D eigenvalue weighted by atomic mass is 15.2. The van der Waals surface area contributed by atoms with Crippen LogP contribution in [0.3, 0.4) is 0 Å². The molecule has 2 atom stereocenters. The van der Waals surface area contributed by atoms with E-state index < -0.39 is 0 Å². The van der Waals surface area contributed by atoms with Gasteiger partial charge in [-0.05, 0) is 49.4 Å². The molecule has 1 aromatic carbocycles. The zero-order valence-electron chi connectivity index (χ0n) is 15.8. The van der Waals surface area contributed by atoms with E-state index in [1.54, 1.807) is 0 Å². The first kappa shape index (κ1) is 18.8. The number of allylic oxidation sites excluding steroid dienone is 1. The van der Waals surface area contributed by atoms with Gasteiger partial charge in [0.1, 0.15) is 0 Å². The average Bonchev–Trinajstić information content (AvgIpc) is 2.60. The van der Waals surface area contributed by atoms with E-state index in [4.69, 9.17) is 0 Å². The Morgan fingerprint density at radius 2 is 2.08 bits per heavy atom. The molecule has 2 nitrogen and oxygen atoms in total. The lowest BCUT2D eigenvalue weighted by atomic mass is 9.88. The molecule has 0 radical (unpaired) electrons. The van der Waals surface area contributed by atoms with E-state index >= 15 is 0 Å². The van der Waals surface area contributed by atoms with Crippen LogP contribution < -0.4 is 10.2 Å². The first-order valence-electron chi connectivity index (χ1n) is 9.44. The second kappa shape index (κ2) is 9.08. The van der Waals surface area contributed by atoms with Gasteiger partial charge in [-0.2, -0.15) is 0 Å². The molecule has 2 unspecified atom stereocenters. The van der Waals surface area contributed by atoms with Crippen LogP contribution in [-0.2, 0) is 6.42 Å². The van der Waals surface area contributed by atoms with Crippen LogP contribution in [0.15, 0.2) is 37.4 Å². The standard InChI is InChI=1S/C22H34N2/c1-6-10-18-13-14-19(16-20(18)17(3)4)24(5)22-12-9-8-11-21(22)23-15-7-2/h7,13-14,16,21-23H,2-3,6,8-12,15H2,1,4-5H3. The van der Waals surface area contributed by atoms with Crippen molar-refractivity contribution >= 4 is 11.3 Å². The Bertz CT molecular complexity index is 561. The first-order valence-corrected chi connectivity index (χ1v) is 9.44. The van der Waals surface area contributed by atoms with Crippen LogP contribution in [0, 0.1) is 0 Å². The molecule has 0 saturated heterocycles. The number of hydrogen-bond donors (Lipinski definition) is 1. The van der Waals surface area contributed by atoms with Crippen LogP contribution >= 0.6 is 0 Å². The molecule has 0 spiro atoms. The molecule has 0 aromatic heterocycles. The van der Waals surface area contributed by atoms with Crippen LogP contribution in [0.25, 0.3) is 5.57 Å². The van der Waals surface area contributed by atoms with Gasteiger partial charge in [0.15, 0.2) is 0 Å². The number of likely N-dealkylation sites (N-methyl/N-ethyl adjacent to an activating group) is 1. The maximum atomic E-state index is 4.19. The summed E-state index contributed by atoms with van der Waals surface area (Å²) in [6.45, 7) is 13.3. The van der Waals surface area contributed by atoms with Crippen LogP contribution in [0.1, 0.15) is 57.1 Å². The molecule has 0 aliphatic heterocycles. The molecular weight excluding hydrogens is 292 g/mol. The fourth-order valence-electron chi connectivity index (χ4n) is 3.91. The topological polar surface area (TPSA) is 15.3 Å². The smallest absolute Gasteiger partial charge is 0.0440 e. The van der Waals surface area contributed by atoms with Crippen molar-refractivity contribution in [3.8, 4) is 0 Å². The van der Waals surface area contributed by atoms with Gasteiger partial charge in [-0.1, -0.05) is 50.5 Å². The third kappa shape index (κ3) is 4.51. The van der Waals surface area contributed by atoms with Crippen molar-refractivity contribution in [3.05, 3.63) is 48.6 Å². The number of nitrogens with zero attached hydrogens (tertiary/aromatic N) is 1. The van der Waals surface area contributed by atoms with Gasteiger partial charge in [-0.25, -0.2) is 0 Å². The molecule has 132 valence electrons. The number of anilines is 1. The van der Waals surface area contributed by atoms with E-state index in [1.165, 1.54) is 54.5 Å². The van der Waals surface area contributed by atoms with Gasteiger partial charge in [0.05, 0.1) is 0 Å². The molecule has 0 bridgehead atoms. The number of rotatable bonds is 8. The lowest BCUT2D eigenvalue weighted by molar-refractivity contribution is 0.328. The molecule has 0 amide bonds. The van der Waals surface area contributed by atoms with Crippen molar-refractivity contribution in [1.29, 1.82) is 0 Å². The Morgan fingerprint density at radius 3 is 2.75 bits per heavy atom. The Hall–Kier alpha value is -1.54. The van der Waals surface area contributed by atoms with E-state index in [2.05, 4.69) is 62.5 Å². The van der Waals surface area contributed by atoms with E-state index in [-0.39, 0.29) is 0 Å². The molecule has 0 heterocycles. The van der Waals surface area contributed by atoms with E-state index in [9.17, 15) is 0 Å². The minimum absolute atomic E-state index is 0.547. The molecule has 1 saturated carbocycles. The van der Waals surface area contributed by atoms with Gasteiger partial charge in [0.2, 0.25) is 0 Å². The summed E-state index contributed by atoms with van der Waals surface area (Å²) >= 11 is 0. The van der Waals surface area contributed by atoms with E-state index in [0.29, 0.717) is 12.1 Å². The zero-order chi connectivity index (χ0) is 17.5. The molecule has 2 heteroatoms. The Kier molecular flexibility index (Phi) is 7.11. The number of aryl methyl sites for hydroxylation is 1. The van der Waals surface area contributed by atoms with Gasteiger partial charge in [0.25, 0.3) is 0 Å². The van der Waals surface area contributed by atoms with Gasteiger partial charge in [-0.15, -0.1) is 6.58 Å². The molecule has 1 aliphatic rings. The second-order valence-electron chi connectivity index (χ2n) is 7.14. The Morgan fingerprint density at radius 1 is 1.33 bits per heavy atom. The Labute approximate surface area is 148 Å². The van der Waals surface area contributed by atoms with Crippen molar-refractivity contribution < 1.29 is 0 Å². The molecule has 24 heavy (non-hydrogen) atoms. The quantitative estimate of drug-likeness (QED) is 0.661. The fraction of sp³-hybridized carbons (Fsp3) is 0.545. The van der Waals surface area contributed by atoms with Crippen molar-refractivity contribution in [3.63, 3.8) is 0 Å². The third-order valence-electron chi connectivity index (χ3n) is 5.23. The lowest BCUT2D eigenvalue weighted by Crippen LogP contribution is -2.50.